The fourth-order valence-electron chi connectivity index (χ4n) is 3.99. The minimum absolute atomic E-state index is 0.223. The topological polar surface area (TPSA) is 117 Å². The first-order valence-corrected chi connectivity index (χ1v) is 10.7. The van der Waals surface area contributed by atoms with Crippen molar-refractivity contribution in [3.05, 3.63) is 72.1 Å². The summed E-state index contributed by atoms with van der Waals surface area (Å²) < 4.78 is 7.21. The zero-order valence-electron chi connectivity index (χ0n) is 18.8. The molecule has 1 atom stereocenters. The van der Waals surface area contributed by atoms with Gasteiger partial charge in [-0.15, -0.1) is 0 Å². The predicted octanol–water partition coefficient (Wildman–Crippen LogP) is 2.53. The molecule has 3 aromatic rings. The number of aromatic nitrogens is 2. The number of fused-ring (bicyclic) bond motifs is 1. The summed E-state index contributed by atoms with van der Waals surface area (Å²) in [5.41, 5.74) is 2.59. The Morgan fingerprint density at radius 2 is 1.97 bits per heavy atom. The van der Waals surface area contributed by atoms with Crippen LogP contribution in [0.3, 0.4) is 0 Å². The van der Waals surface area contributed by atoms with E-state index in [0.29, 0.717) is 17.0 Å². The molecular formula is C24H25N5O5. The maximum Gasteiger partial charge on any atom is 0.323 e. The number of nitrogens with zero attached hydrogens (tertiary/aromatic N) is 4. The highest BCUT2D eigenvalue weighted by atomic mass is 16.5. The van der Waals surface area contributed by atoms with E-state index in [0.717, 1.165) is 11.3 Å². The number of benzene rings is 2. The van der Waals surface area contributed by atoms with Gasteiger partial charge in [-0.1, -0.05) is 18.2 Å². The Hall–Kier alpha value is -4.34. The molecule has 34 heavy (non-hydrogen) atoms. The van der Waals surface area contributed by atoms with Crippen molar-refractivity contribution in [2.24, 2.45) is 0 Å². The Morgan fingerprint density at radius 1 is 1.18 bits per heavy atom. The van der Waals surface area contributed by atoms with Crippen molar-refractivity contribution in [2.45, 2.75) is 19.5 Å². The van der Waals surface area contributed by atoms with Crippen LogP contribution in [0.15, 0.2) is 60.9 Å². The third-order valence-electron chi connectivity index (χ3n) is 5.68. The number of carbonyl (C=O) groups excluding carboxylic acids is 2. The van der Waals surface area contributed by atoms with E-state index in [2.05, 4.69) is 10.4 Å². The molecule has 10 heteroatoms. The van der Waals surface area contributed by atoms with Gasteiger partial charge in [-0.25, -0.2) is 9.48 Å². The van der Waals surface area contributed by atoms with E-state index < -0.39 is 18.5 Å². The van der Waals surface area contributed by atoms with Gasteiger partial charge in [-0.05, 0) is 36.8 Å². The molecule has 176 valence electrons. The molecule has 1 aliphatic heterocycles. The molecule has 0 aliphatic carbocycles. The lowest BCUT2D eigenvalue weighted by atomic mass is 10.1. The van der Waals surface area contributed by atoms with E-state index in [1.807, 2.05) is 31.2 Å². The van der Waals surface area contributed by atoms with Gasteiger partial charge in [-0.3, -0.25) is 9.59 Å². The first-order chi connectivity index (χ1) is 16.4. The standard InChI is InChI=1S/C24H25N5O5/c1-16-14-28(20-7-4-3-6-17(20)15-27(16)24(33)25-13-22(30)31)23(32)19-9-8-18(12-21(19)34-2)29-11-5-10-26-29/h3-12,16H,13-15H2,1-2H3,(H,25,33)(H,30,31)/t16-/m1/s1. The van der Waals surface area contributed by atoms with Crippen molar-refractivity contribution in [2.75, 3.05) is 25.1 Å². The summed E-state index contributed by atoms with van der Waals surface area (Å²) in [6.45, 7) is 1.80. The number of para-hydroxylation sites is 1. The van der Waals surface area contributed by atoms with Gasteiger partial charge in [-0.2, -0.15) is 5.10 Å². The summed E-state index contributed by atoms with van der Waals surface area (Å²) in [5.74, 6) is -0.988. The Kier molecular flexibility index (Phi) is 6.48. The van der Waals surface area contributed by atoms with Gasteiger partial charge in [0.1, 0.15) is 12.3 Å². The number of methoxy groups -OCH3 is 1. The van der Waals surface area contributed by atoms with Crippen LogP contribution in [0.5, 0.6) is 5.75 Å². The Bertz CT molecular complexity index is 1210. The molecule has 0 radical (unpaired) electrons. The largest absolute Gasteiger partial charge is 0.496 e. The number of urea groups is 1. The normalized spacial score (nSPS) is 15.3. The average Bonchev–Trinajstić information content (AvgIpc) is 3.34. The maximum atomic E-state index is 13.8. The number of carboxylic acid groups (broad SMARTS) is 1. The molecule has 10 nitrogen and oxygen atoms in total. The van der Waals surface area contributed by atoms with Crippen LogP contribution < -0.4 is 15.0 Å². The molecule has 0 bridgehead atoms. The monoisotopic (exact) mass is 463 g/mol. The maximum absolute atomic E-state index is 13.8. The van der Waals surface area contributed by atoms with Crippen molar-refractivity contribution < 1.29 is 24.2 Å². The molecule has 0 spiro atoms. The van der Waals surface area contributed by atoms with Gasteiger partial charge < -0.3 is 25.0 Å². The highest BCUT2D eigenvalue weighted by molar-refractivity contribution is 6.08. The summed E-state index contributed by atoms with van der Waals surface area (Å²) in [6, 6.07) is 13.5. The third-order valence-corrected chi connectivity index (χ3v) is 5.68. The Morgan fingerprint density at radius 3 is 2.68 bits per heavy atom. The number of carboxylic acids is 1. The molecule has 4 rings (SSSR count). The number of ether oxygens (including phenoxy) is 1. The second-order valence-electron chi connectivity index (χ2n) is 7.91. The van der Waals surface area contributed by atoms with Crippen molar-refractivity contribution in [3.8, 4) is 11.4 Å². The zero-order chi connectivity index (χ0) is 24.2. The number of anilines is 1. The summed E-state index contributed by atoms with van der Waals surface area (Å²) in [6.07, 6.45) is 3.46. The van der Waals surface area contributed by atoms with Crippen molar-refractivity contribution >= 4 is 23.6 Å². The highest BCUT2D eigenvalue weighted by Gasteiger charge is 2.32. The third kappa shape index (κ3) is 4.56. The smallest absolute Gasteiger partial charge is 0.323 e. The second kappa shape index (κ2) is 9.65. The molecule has 1 aliphatic rings. The predicted molar refractivity (Wildman–Crippen MR) is 124 cm³/mol. The minimum atomic E-state index is -1.13. The van der Waals surface area contributed by atoms with Crippen LogP contribution >= 0.6 is 0 Å². The Labute approximate surface area is 196 Å². The van der Waals surface area contributed by atoms with Gasteiger partial charge in [0.05, 0.1) is 18.4 Å². The molecule has 0 fully saturated rings. The first-order valence-electron chi connectivity index (χ1n) is 10.7. The van der Waals surface area contributed by atoms with Crippen LogP contribution in [0.4, 0.5) is 10.5 Å². The highest BCUT2D eigenvalue weighted by Crippen LogP contribution is 2.31. The summed E-state index contributed by atoms with van der Waals surface area (Å²) in [5, 5.41) is 15.5. The number of rotatable bonds is 5. The van der Waals surface area contributed by atoms with Crippen LogP contribution in [0, 0.1) is 0 Å². The van der Waals surface area contributed by atoms with E-state index in [4.69, 9.17) is 9.84 Å². The summed E-state index contributed by atoms with van der Waals surface area (Å²) in [4.78, 5) is 40.5. The lowest BCUT2D eigenvalue weighted by Gasteiger charge is -2.29. The van der Waals surface area contributed by atoms with E-state index in [1.54, 1.807) is 46.2 Å². The van der Waals surface area contributed by atoms with Gasteiger partial charge in [0.25, 0.3) is 5.91 Å². The van der Waals surface area contributed by atoms with Gasteiger partial charge in [0.2, 0.25) is 0 Å². The van der Waals surface area contributed by atoms with Gasteiger partial charge >= 0.3 is 12.0 Å². The van der Waals surface area contributed by atoms with E-state index in [-0.39, 0.29) is 25.0 Å². The van der Waals surface area contributed by atoms with E-state index >= 15 is 0 Å². The lowest BCUT2D eigenvalue weighted by molar-refractivity contribution is -0.135. The Balaban J connectivity index is 1.67. The van der Waals surface area contributed by atoms with Crippen LogP contribution in [0.25, 0.3) is 5.69 Å². The lowest BCUT2D eigenvalue weighted by Crippen LogP contribution is -2.49. The van der Waals surface area contributed by atoms with Gasteiger partial charge in [0.15, 0.2) is 0 Å². The van der Waals surface area contributed by atoms with Crippen LogP contribution in [0.2, 0.25) is 0 Å². The van der Waals surface area contributed by atoms with Crippen LogP contribution in [-0.2, 0) is 11.3 Å². The number of nitrogens with one attached hydrogen (secondary N) is 1. The summed E-state index contributed by atoms with van der Waals surface area (Å²) in [7, 11) is 1.51. The molecule has 0 saturated heterocycles. The fourth-order valence-corrected chi connectivity index (χ4v) is 3.99. The quantitative estimate of drug-likeness (QED) is 0.601. The number of hydrogen-bond acceptors (Lipinski definition) is 5. The molecule has 1 aromatic heterocycles. The van der Waals surface area contributed by atoms with Crippen LogP contribution in [-0.4, -0.2) is 63.9 Å². The summed E-state index contributed by atoms with van der Waals surface area (Å²) >= 11 is 0. The molecule has 0 unspecified atom stereocenters. The van der Waals surface area contributed by atoms with Gasteiger partial charge in [0, 0.05) is 43.3 Å². The number of aliphatic carboxylic acids is 1. The molecule has 2 heterocycles. The number of carbonyl (C=O) groups is 3. The molecule has 2 N–H and O–H groups in total. The molecule has 3 amide bonds. The SMILES string of the molecule is COc1cc(-n2cccn2)ccc1C(=O)N1C[C@@H](C)N(C(=O)NCC(=O)O)Cc2ccccc21. The van der Waals surface area contributed by atoms with Crippen molar-refractivity contribution in [1.82, 2.24) is 20.0 Å². The fraction of sp³-hybridized carbons (Fsp3) is 0.250. The average molecular weight is 463 g/mol. The minimum Gasteiger partial charge on any atom is -0.496 e. The van der Waals surface area contributed by atoms with Crippen LogP contribution in [0.1, 0.15) is 22.8 Å². The zero-order valence-corrected chi connectivity index (χ0v) is 18.8. The molecule has 2 aromatic carbocycles. The number of amides is 3. The first kappa shape index (κ1) is 22.8. The molecule has 0 saturated carbocycles. The van der Waals surface area contributed by atoms with E-state index in [1.165, 1.54) is 12.0 Å². The second-order valence-corrected chi connectivity index (χ2v) is 7.91. The number of hydrogen-bond donors (Lipinski definition) is 2. The van der Waals surface area contributed by atoms with Crippen molar-refractivity contribution in [1.29, 1.82) is 0 Å². The molecular weight excluding hydrogens is 438 g/mol. The van der Waals surface area contributed by atoms with Crippen molar-refractivity contribution in [3.63, 3.8) is 0 Å². The van der Waals surface area contributed by atoms with E-state index in [9.17, 15) is 14.4 Å².